The van der Waals surface area contributed by atoms with E-state index in [0.717, 1.165) is 19.3 Å². The Labute approximate surface area is 99.7 Å². The highest BCUT2D eigenvalue weighted by atomic mass is 16.7. The van der Waals surface area contributed by atoms with E-state index >= 15 is 0 Å². The van der Waals surface area contributed by atoms with Gasteiger partial charge in [0.05, 0.1) is 11.7 Å². The van der Waals surface area contributed by atoms with Crippen molar-refractivity contribution in [1.29, 1.82) is 0 Å². The highest BCUT2D eigenvalue weighted by molar-refractivity contribution is 5.78. The van der Waals surface area contributed by atoms with E-state index in [1.54, 1.807) is 7.05 Å². The van der Waals surface area contributed by atoms with Crippen LogP contribution in [0.15, 0.2) is 5.10 Å². The van der Waals surface area contributed by atoms with Gasteiger partial charge in [-0.2, -0.15) is 0 Å². The molecular formula is C10H18N4O3. The molecular weight excluding hydrogens is 224 g/mol. The van der Waals surface area contributed by atoms with Gasteiger partial charge in [0.15, 0.2) is 5.03 Å². The molecule has 7 heteroatoms. The Balaban J connectivity index is 1.88. The number of hydrogen-bond acceptors (Lipinski definition) is 3. The number of nitrogens with one attached hydrogen (secondary N) is 2. The lowest BCUT2D eigenvalue weighted by Crippen LogP contribution is -2.43. The third-order valence-corrected chi connectivity index (χ3v) is 3.74. The minimum Gasteiger partial charge on any atom is -0.372 e. The largest absolute Gasteiger partial charge is 0.372 e. The van der Waals surface area contributed by atoms with Crippen LogP contribution in [0.5, 0.6) is 0 Å². The van der Waals surface area contributed by atoms with Gasteiger partial charge in [0.2, 0.25) is 0 Å². The molecule has 2 heterocycles. The van der Waals surface area contributed by atoms with E-state index in [-0.39, 0.29) is 11.6 Å². The van der Waals surface area contributed by atoms with E-state index in [4.69, 9.17) is 4.74 Å². The first-order chi connectivity index (χ1) is 8.03. The smallest absolute Gasteiger partial charge is 0.268 e. The number of nitrogens with zero attached hydrogens (tertiary/aromatic N) is 2. The Morgan fingerprint density at radius 2 is 2.47 bits per heavy atom. The minimum atomic E-state index is -0.710. The van der Waals surface area contributed by atoms with Gasteiger partial charge in [-0.15, -0.1) is 0 Å². The lowest BCUT2D eigenvalue weighted by molar-refractivity contribution is -0.485. The van der Waals surface area contributed by atoms with Gasteiger partial charge in [0, 0.05) is 19.5 Å². The number of guanidine groups is 1. The van der Waals surface area contributed by atoms with Crippen LogP contribution < -0.4 is 10.6 Å². The highest BCUT2D eigenvalue weighted by Crippen LogP contribution is 2.46. The number of hydrogen-bond donors (Lipinski definition) is 2. The van der Waals surface area contributed by atoms with E-state index in [0.29, 0.717) is 18.6 Å². The molecule has 0 saturated carbocycles. The number of fused-ring (bicyclic) bond motifs is 2. The SMILES string of the molecule is CN/C(=N\[N+](=O)[O-])NCC1C[C@H]2CC[C@]1(C)O2. The van der Waals surface area contributed by atoms with Crippen LogP contribution in [0, 0.1) is 16.0 Å². The molecule has 1 unspecified atom stereocenters. The van der Waals surface area contributed by atoms with Crippen LogP contribution in [0.4, 0.5) is 0 Å². The number of ether oxygens (including phenoxy) is 1. The van der Waals surface area contributed by atoms with Crippen LogP contribution in [-0.2, 0) is 4.74 Å². The molecule has 0 aromatic heterocycles. The van der Waals surface area contributed by atoms with Crippen molar-refractivity contribution in [2.24, 2.45) is 11.0 Å². The molecule has 2 aliphatic rings. The summed E-state index contributed by atoms with van der Waals surface area (Å²) in [6.45, 7) is 2.77. The van der Waals surface area contributed by atoms with E-state index < -0.39 is 5.03 Å². The Kier molecular flexibility index (Phi) is 3.19. The van der Waals surface area contributed by atoms with Gasteiger partial charge in [-0.1, -0.05) is 0 Å². The molecule has 2 rings (SSSR count). The fraction of sp³-hybridized carbons (Fsp3) is 0.900. The second-order valence-corrected chi connectivity index (χ2v) is 4.84. The number of nitro groups is 1. The fourth-order valence-electron chi connectivity index (χ4n) is 2.75. The standard InChI is InChI=1S/C10H18N4O3/c1-10-4-3-8(17-10)5-7(10)6-12-9(11-2)13-14(15)16/h7-8H,3-6H2,1-2H3,(H2,11,12,13)/t7?,8-,10+/m1/s1. The number of rotatable bonds is 3. The molecule has 0 spiro atoms. The van der Waals surface area contributed by atoms with E-state index in [2.05, 4.69) is 22.7 Å². The first kappa shape index (κ1) is 12.1. The summed E-state index contributed by atoms with van der Waals surface area (Å²) in [5.41, 5.74) is -0.0644. The van der Waals surface area contributed by atoms with E-state index in [1.807, 2.05) is 0 Å². The summed E-state index contributed by atoms with van der Waals surface area (Å²) in [5.74, 6) is 0.591. The average molecular weight is 242 g/mol. The van der Waals surface area contributed by atoms with Crippen molar-refractivity contribution in [2.75, 3.05) is 13.6 Å². The van der Waals surface area contributed by atoms with Crippen molar-refractivity contribution in [2.45, 2.75) is 37.9 Å². The lowest BCUT2D eigenvalue weighted by Gasteiger charge is -2.28. The molecule has 0 aromatic carbocycles. The first-order valence-electron chi connectivity index (χ1n) is 5.86. The predicted molar refractivity (Wildman–Crippen MR) is 62.1 cm³/mol. The third kappa shape index (κ3) is 2.49. The van der Waals surface area contributed by atoms with E-state index in [9.17, 15) is 10.1 Å². The quantitative estimate of drug-likeness (QED) is 0.321. The predicted octanol–water partition coefficient (Wildman–Crippen LogP) is 0.301. The molecule has 17 heavy (non-hydrogen) atoms. The summed E-state index contributed by atoms with van der Waals surface area (Å²) in [6.07, 6.45) is 3.61. The summed E-state index contributed by atoms with van der Waals surface area (Å²) in [7, 11) is 1.61. The summed E-state index contributed by atoms with van der Waals surface area (Å²) in [6, 6.07) is 0. The van der Waals surface area contributed by atoms with Crippen LogP contribution >= 0.6 is 0 Å². The molecule has 2 bridgehead atoms. The highest BCUT2D eigenvalue weighted by Gasteiger charge is 2.49. The Morgan fingerprint density at radius 3 is 2.94 bits per heavy atom. The monoisotopic (exact) mass is 242 g/mol. The van der Waals surface area contributed by atoms with Crippen molar-refractivity contribution < 1.29 is 9.77 Å². The molecule has 0 aromatic rings. The number of hydrazone groups is 1. The Morgan fingerprint density at radius 1 is 1.71 bits per heavy atom. The van der Waals surface area contributed by atoms with Crippen molar-refractivity contribution in [3.8, 4) is 0 Å². The molecule has 2 N–H and O–H groups in total. The molecule has 3 atom stereocenters. The molecule has 0 radical (unpaired) electrons. The van der Waals surface area contributed by atoms with Crippen molar-refractivity contribution >= 4 is 5.96 Å². The fourth-order valence-corrected chi connectivity index (χ4v) is 2.75. The third-order valence-electron chi connectivity index (χ3n) is 3.74. The Hall–Kier alpha value is -1.37. The van der Waals surface area contributed by atoms with Crippen LogP contribution in [0.1, 0.15) is 26.2 Å². The zero-order valence-corrected chi connectivity index (χ0v) is 10.1. The van der Waals surface area contributed by atoms with Gasteiger partial charge >= 0.3 is 0 Å². The topological polar surface area (TPSA) is 88.8 Å². The molecule has 0 amide bonds. The minimum absolute atomic E-state index is 0.0644. The molecule has 7 nitrogen and oxygen atoms in total. The maximum absolute atomic E-state index is 10.3. The summed E-state index contributed by atoms with van der Waals surface area (Å²) >= 11 is 0. The maximum Gasteiger partial charge on any atom is 0.268 e. The average Bonchev–Trinajstić information content (AvgIpc) is 2.78. The van der Waals surface area contributed by atoms with Crippen LogP contribution in [0.2, 0.25) is 0 Å². The van der Waals surface area contributed by atoms with Crippen LogP contribution in [-0.4, -0.2) is 36.3 Å². The normalized spacial score (nSPS) is 36.0. The Bertz CT molecular complexity index is 346. The van der Waals surface area contributed by atoms with Gasteiger partial charge in [-0.05, 0) is 26.2 Å². The zero-order valence-electron chi connectivity index (χ0n) is 10.1. The second kappa shape index (κ2) is 4.48. The lowest BCUT2D eigenvalue weighted by atomic mass is 9.80. The molecule has 2 fully saturated rings. The van der Waals surface area contributed by atoms with Crippen LogP contribution in [0.3, 0.4) is 0 Å². The van der Waals surface area contributed by atoms with Crippen LogP contribution in [0.25, 0.3) is 0 Å². The zero-order chi connectivity index (χ0) is 12.5. The van der Waals surface area contributed by atoms with Gasteiger partial charge < -0.3 is 15.4 Å². The van der Waals surface area contributed by atoms with Gasteiger partial charge in [0.1, 0.15) is 5.10 Å². The summed E-state index contributed by atoms with van der Waals surface area (Å²) < 4.78 is 5.89. The molecule has 2 saturated heterocycles. The van der Waals surface area contributed by atoms with Gasteiger partial charge in [-0.25, -0.2) is 10.1 Å². The first-order valence-corrected chi connectivity index (χ1v) is 5.86. The second-order valence-electron chi connectivity index (χ2n) is 4.84. The molecule has 0 aliphatic carbocycles. The van der Waals surface area contributed by atoms with Gasteiger partial charge in [-0.3, -0.25) is 0 Å². The summed E-state index contributed by atoms with van der Waals surface area (Å²) in [5, 5.41) is 18.4. The molecule has 2 aliphatic heterocycles. The van der Waals surface area contributed by atoms with Gasteiger partial charge in [0.25, 0.3) is 5.96 Å². The van der Waals surface area contributed by atoms with Crippen molar-refractivity contribution in [3.63, 3.8) is 0 Å². The van der Waals surface area contributed by atoms with Crippen molar-refractivity contribution in [3.05, 3.63) is 10.1 Å². The summed E-state index contributed by atoms with van der Waals surface area (Å²) in [4.78, 5) is 10.3. The van der Waals surface area contributed by atoms with E-state index in [1.165, 1.54) is 0 Å². The maximum atomic E-state index is 10.3. The molecule has 96 valence electrons. The van der Waals surface area contributed by atoms with Crippen molar-refractivity contribution in [1.82, 2.24) is 10.6 Å².